The van der Waals surface area contributed by atoms with E-state index in [0.717, 1.165) is 12.3 Å². The fourth-order valence-electron chi connectivity index (χ4n) is 2.04. The van der Waals surface area contributed by atoms with Gasteiger partial charge in [-0.2, -0.15) is 0 Å². The number of likely N-dealkylation sites (N-methyl/N-ethyl adjacent to an activating group) is 1. The number of rotatable bonds is 5. The van der Waals surface area contributed by atoms with Gasteiger partial charge < -0.3 is 15.4 Å². The van der Waals surface area contributed by atoms with Crippen molar-refractivity contribution < 1.29 is 4.74 Å². The smallest absolute Gasteiger partial charge is 0.122 e. The lowest BCUT2D eigenvalue weighted by Gasteiger charge is -2.23. The first-order valence-corrected chi connectivity index (χ1v) is 6.11. The summed E-state index contributed by atoms with van der Waals surface area (Å²) in [5, 5.41) is 0. The number of nitrogens with two attached hydrogens (primary N) is 1. The van der Waals surface area contributed by atoms with Gasteiger partial charge in [0.05, 0.1) is 7.11 Å². The minimum Gasteiger partial charge on any atom is -0.496 e. The van der Waals surface area contributed by atoms with Crippen molar-refractivity contribution in [1.82, 2.24) is 0 Å². The molecule has 17 heavy (non-hydrogen) atoms. The predicted octanol–water partition coefficient (Wildman–Crippen LogP) is 2.52. The third kappa shape index (κ3) is 3.13. The molecule has 0 radical (unpaired) electrons. The molecular weight excluding hydrogens is 212 g/mol. The third-order valence-corrected chi connectivity index (χ3v) is 3.05. The molecular formula is C14H24N2O. The summed E-state index contributed by atoms with van der Waals surface area (Å²) in [6.07, 6.45) is 0. The summed E-state index contributed by atoms with van der Waals surface area (Å²) >= 11 is 0. The van der Waals surface area contributed by atoms with Gasteiger partial charge in [0.25, 0.3) is 0 Å². The molecule has 0 saturated heterocycles. The number of hydrogen-bond donors (Lipinski definition) is 1. The summed E-state index contributed by atoms with van der Waals surface area (Å²) in [6.45, 7) is 8.00. The first-order valence-electron chi connectivity index (χ1n) is 6.11. The summed E-state index contributed by atoms with van der Waals surface area (Å²) in [7, 11) is 3.80. The quantitative estimate of drug-likeness (QED) is 0.853. The van der Waals surface area contributed by atoms with Gasteiger partial charge in [0.1, 0.15) is 5.75 Å². The van der Waals surface area contributed by atoms with Crippen LogP contribution < -0.4 is 15.4 Å². The molecule has 0 fully saturated rings. The average molecular weight is 236 g/mol. The van der Waals surface area contributed by atoms with Crippen LogP contribution in [0.2, 0.25) is 0 Å². The van der Waals surface area contributed by atoms with Crippen molar-refractivity contribution in [3.05, 3.63) is 23.3 Å². The fraction of sp³-hybridized carbons (Fsp3) is 0.571. The number of hydrogen-bond acceptors (Lipinski definition) is 3. The lowest BCUT2D eigenvalue weighted by Crippen LogP contribution is -2.25. The van der Waals surface area contributed by atoms with Crippen molar-refractivity contribution in [2.24, 2.45) is 5.73 Å². The standard InChI is InChI=1S/C14H24N2O/c1-10(2)12-9-13(16(4)7-6-15)11(3)8-14(12)17-5/h8-10H,6-7,15H2,1-5H3. The minimum atomic E-state index is 0.454. The van der Waals surface area contributed by atoms with Gasteiger partial charge in [-0.25, -0.2) is 0 Å². The second kappa shape index (κ2) is 5.92. The second-order valence-electron chi connectivity index (χ2n) is 4.75. The molecule has 96 valence electrons. The lowest BCUT2D eigenvalue weighted by molar-refractivity contribution is 0.407. The summed E-state index contributed by atoms with van der Waals surface area (Å²) in [5.41, 5.74) is 9.31. The van der Waals surface area contributed by atoms with E-state index in [1.165, 1.54) is 16.8 Å². The molecule has 3 nitrogen and oxygen atoms in total. The number of aryl methyl sites for hydroxylation is 1. The summed E-state index contributed by atoms with van der Waals surface area (Å²) in [6, 6.07) is 4.33. The Labute approximate surface area is 105 Å². The van der Waals surface area contributed by atoms with E-state index in [-0.39, 0.29) is 0 Å². The Morgan fingerprint density at radius 1 is 1.35 bits per heavy atom. The Kier molecular flexibility index (Phi) is 4.82. The maximum atomic E-state index is 5.60. The molecule has 0 aromatic heterocycles. The van der Waals surface area contributed by atoms with Gasteiger partial charge >= 0.3 is 0 Å². The first-order chi connectivity index (χ1) is 8.01. The SMILES string of the molecule is COc1cc(C)c(N(C)CCN)cc1C(C)C. The van der Waals surface area contributed by atoms with Crippen molar-refractivity contribution >= 4 is 5.69 Å². The van der Waals surface area contributed by atoms with Crippen LogP contribution in [0.15, 0.2) is 12.1 Å². The molecule has 0 saturated carbocycles. The van der Waals surface area contributed by atoms with E-state index in [1.54, 1.807) is 7.11 Å². The molecule has 0 aliphatic rings. The van der Waals surface area contributed by atoms with E-state index in [2.05, 4.69) is 44.9 Å². The van der Waals surface area contributed by atoms with Crippen LogP contribution in [0.1, 0.15) is 30.9 Å². The number of nitrogens with zero attached hydrogens (tertiary/aromatic N) is 1. The van der Waals surface area contributed by atoms with Crippen LogP contribution in [0.3, 0.4) is 0 Å². The maximum absolute atomic E-state index is 5.60. The molecule has 0 atom stereocenters. The highest BCUT2D eigenvalue weighted by molar-refractivity contribution is 5.59. The van der Waals surface area contributed by atoms with Crippen LogP contribution in [0.25, 0.3) is 0 Å². The Hall–Kier alpha value is -1.22. The molecule has 0 heterocycles. The molecule has 0 spiro atoms. The van der Waals surface area contributed by atoms with Gasteiger partial charge in [0.2, 0.25) is 0 Å². The minimum absolute atomic E-state index is 0.454. The third-order valence-electron chi connectivity index (χ3n) is 3.05. The Morgan fingerprint density at radius 3 is 2.47 bits per heavy atom. The summed E-state index contributed by atoms with van der Waals surface area (Å²) < 4.78 is 5.44. The van der Waals surface area contributed by atoms with Gasteiger partial charge in [0.15, 0.2) is 0 Å². The van der Waals surface area contributed by atoms with E-state index in [1.807, 2.05) is 0 Å². The number of methoxy groups -OCH3 is 1. The average Bonchev–Trinajstić information content (AvgIpc) is 2.28. The molecule has 0 aliphatic carbocycles. The van der Waals surface area contributed by atoms with Crippen LogP contribution in [0.4, 0.5) is 5.69 Å². The highest BCUT2D eigenvalue weighted by Crippen LogP contribution is 2.33. The molecule has 1 aromatic carbocycles. The Bertz CT molecular complexity index is 375. The molecule has 0 aliphatic heterocycles. The van der Waals surface area contributed by atoms with E-state index in [4.69, 9.17) is 10.5 Å². The molecule has 0 amide bonds. The second-order valence-corrected chi connectivity index (χ2v) is 4.75. The van der Waals surface area contributed by atoms with Crippen LogP contribution in [-0.2, 0) is 0 Å². The van der Waals surface area contributed by atoms with E-state index in [9.17, 15) is 0 Å². The number of benzene rings is 1. The van der Waals surface area contributed by atoms with Crippen molar-refractivity contribution in [3.8, 4) is 5.75 Å². The maximum Gasteiger partial charge on any atom is 0.122 e. The number of anilines is 1. The van der Waals surface area contributed by atoms with Crippen LogP contribution in [-0.4, -0.2) is 27.2 Å². The van der Waals surface area contributed by atoms with Crippen molar-refractivity contribution in [2.45, 2.75) is 26.7 Å². The Balaban J connectivity index is 3.19. The van der Waals surface area contributed by atoms with Crippen molar-refractivity contribution in [1.29, 1.82) is 0 Å². The van der Waals surface area contributed by atoms with Crippen molar-refractivity contribution in [3.63, 3.8) is 0 Å². The van der Waals surface area contributed by atoms with Crippen LogP contribution in [0, 0.1) is 6.92 Å². The van der Waals surface area contributed by atoms with Gasteiger partial charge in [-0.15, -0.1) is 0 Å². The molecule has 1 aromatic rings. The predicted molar refractivity (Wildman–Crippen MR) is 74.1 cm³/mol. The van der Waals surface area contributed by atoms with E-state index < -0.39 is 0 Å². The van der Waals surface area contributed by atoms with Crippen LogP contribution in [0.5, 0.6) is 5.75 Å². The summed E-state index contributed by atoms with van der Waals surface area (Å²) in [5.74, 6) is 1.43. The topological polar surface area (TPSA) is 38.5 Å². The fourth-order valence-corrected chi connectivity index (χ4v) is 2.04. The van der Waals surface area contributed by atoms with Crippen LogP contribution >= 0.6 is 0 Å². The van der Waals surface area contributed by atoms with Gasteiger partial charge in [0, 0.05) is 25.8 Å². The van der Waals surface area contributed by atoms with E-state index in [0.29, 0.717) is 12.5 Å². The monoisotopic (exact) mass is 236 g/mol. The molecule has 0 unspecified atom stereocenters. The zero-order valence-corrected chi connectivity index (χ0v) is 11.6. The Morgan fingerprint density at radius 2 is 2.00 bits per heavy atom. The molecule has 0 bridgehead atoms. The normalized spacial score (nSPS) is 10.8. The largest absolute Gasteiger partial charge is 0.496 e. The van der Waals surface area contributed by atoms with Gasteiger partial charge in [-0.3, -0.25) is 0 Å². The van der Waals surface area contributed by atoms with Gasteiger partial charge in [-0.1, -0.05) is 13.8 Å². The summed E-state index contributed by atoms with van der Waals surface area (Å²) in [4.78, 5) is 2.20. The molecule has 2 N–H and O–H groups in total. The van der Waals surface area contributed by atoms with Gasteiger partial charge in [-0.05, 0) is 36.1 Å². The molecule has 3 heteroatoms. The van der Waals surface area contributed by atoms with E-state index >= 15 is 0 Å². The number of ether oxygens (including phenoxy) is 1. The van der Waals surface area contributed by atoms with Crippen molar-refractivity contribution in [2.75, 3.05) is 32.1 Å². The highest BCUT2D eigenvalue weighted by atomic mass is 16.5. The zero-order chi connectivity index (χ0) is 13.0. The molecule has 1 rings (SSSR count). The first kappa shape index (κ1) is 13.8. The lowest BCUT2D eigenvalue weighted by atomic mass is 9.98. The zero-order valence-electron chi connectivity index (χ0n) is 11.6. The highest BCUT2D eigenvalue weighted by Gasteiger charge is 2.13.